The van der Waals surface area contributed by atoms with Crippen molar-refractivity contribution in [3.05, 3.63) is 35.4 Å². The fraction of sp³-hybridized carbons (Fsp3) is 0.571. The van der Waals surface area contributed by atoms with Crippen LogP contribution in [-0.2, 0) is 6.18 Å². The summed E-state index contributed by atoms with van der Waals surface area (Å²) < 4.78 is 37.7. The minimum absolute atomic E-state index is 0. The molecule has 0 bridgehead atoms. The molecule has 0 saturated carbocycles. The largest absolute Gasteiger partial charge is 0.416 e. The summed E-state index contributed by atoms with van der Waals surface area (Å²) in [5, 5.41) is 10.00. The van der Waals surface area contributed by atoms with Gasteiger partial charge in [-0.15, -0.1) is 12.4 Å². The molecule has 0 unspecified atom stereocenters. The summed E-state index contributed by atoms with van der Waals surface area (Å²) in [6.45, 7) is 5.78. The monoisotopic (exact) mass is 311 g/mol. The van der Waals surface area contributed by atoms with E-state index in [1.807, 2.05) is 20.8 Å². The third kappa shape index (κ3) is 5.31. The number of rotatable bonds is 3. The molecular formula is C14H21ClF3NO. The van der Waals surface area contributed by atoms with Gasteiger partial charge in [0.1, 0.15) is 0 Å². The molecule has 0 aliphatic carbocycles. The Morgan fingerprint density at radius 2 is 1.75 bits per heavy atom. The van der Waals surface area contributed by atoms with Gasteiger partial charge in [0.05, 0.1) is 11.7 Å². The minimum atomic E-state index is -4.40. The molecule has 6 heteroatoms. The normalized spacial score (nSPS) is 15.4. The molecule has 2 nitrogen and oxygen atoms in total. The van der Waals surface area contributed by atoms with Crippen molar-refractivity contribution in [1.82, 2.24) is 0 Å². The van der Waals surface area contributed by atoms with Crippen molar-refractivity contribution in [3.63, 3.8) is 0 Å². The van der Waals surface area contributed by atoms with Gasteiger partial charge in [-0.05, 0) is 29.5 Å². The zero-order valence-corrected chi connectivity index (χ0v) is 12.6. The predicted molar refractivity (Wildman–Crippen MR) is 75.7 cm³/mol. The molecule has 0 saturated heterocycles. The lowest BCUT2D eigenvalue weighted by Gasteiger charge is -2.29. The summed E-state index contributed by atoms with van der Waals surface area (Å²) in [5.74, 6) is 0. The maximum atomic E-state index is 12.6. The van der Waals surface area contributed by atoms with E-state index in [1.54, 1.807) is 0 Å². The molecule has 1 rings (SSSR count). The van der Waals surface area contributed by atoms with Crippen LogP contribution in [0.15, 0.2) is 24.3 Å². The summed E-state index contributed by atoms with van der Waals surface area (Å²) in [6, 6.07) is 4.44. The average molecular weight is 312 g/mol. The van der Waals surface area contributed by atoms with Gasteiger partial charge in [0, 0.05) is 6.04 Å². The summed E-state index contributed by atoms with van der Waals surface area (Å²) in [6.07, 6.45) is -5.16. The van der Waals surface area contributed by atoms with E-state index in [-0.39, 0.29) is 35.8 Å². The fourth-order valence-electron chi connectivity index (χ4n) is 1.65. The Labute approximate surface area is 123 Å². The number of hydrogen-bond donors (Lipinski definition) is 2. The Morgan fingerprint density at radius 1 is 1.20 bits per heavy atom. The second-order valence-electron chi connectivity index (χ2n) is 5.85. The molecule has 0 radical (unpaired) electrons. The van der Waals surface area contributed by atoms with Gasteiger partial charge in [-0.25, -0.2) is 0 Å². The highest BCUT2D eigenvalue weighted by Gasteiger charge is 2.31. The van der Waals surface area contributed by atoms with Crippen molar-refractivity contribution in [1.29, 1.82) is 0 Å². The van der Waals surface area contributed by atoms with E-state index >= 15 is 0 Å². The summed E-state index contributed by atoms with van der Waals surface area (Å²) in [7, 11) is 0. The third-order valence-electron chi connectivity index (χ3n) is 3.19. The van der Waals surface area contributed by atoms with Crippen LogP contribution in [0.2, 0.25) is 0 Å². The molecule has 0 amide bonds. The predicted octanol–water partition coefficient (Wildman–Crippen LogP) is 3.92. The molecule has 0 heterocycles. The molecule has 116 valence electrons. The summed E-state index contributed by atoms with van der Waals surface area (Å²) >= 11 is 0. The Bertz CT molecular complexity index is 429. The molecule has 1 aromatic carbocycles. The third-order valence-corrected chi connectivity index (χ3v) is 3.19. The minimum Gasteiger partial charge on any atom is -0.388 e. The highest BCUT2D eigenvalue weighted by atomic mass is 35.5. The lowest BCUT2D eigenvalue weighted by atomic mass is 9.83. The van der Waals surface area contributed by atoms with Gasteiger partial charge in [0.2, 0.25) is 0 Å². The van der Waals surface area contributed by atoms with Crippen molar-refractivity contribution in [2.45, 2.75) is 45.5 Å². The van der Waals surface area contributed by atoms with Gasteiger partial charge in [-0.3, -0.25) is 0 Å². The molecular weight excluding hydrogens is 291 g/mol. The number of aliphatic hydroxyl groups excluding tert-OH is 1. The lowest BCUT2D eigenvalue weighted by Crippen LogP contribution is -2.36. The van der Waals surface area contributed by atoms with E-state index in [0.29, 0.717) is 0 Å². The first-order chi connectivity index (χ1) is 8.51. The second kappa shape index (κ2) is 6.78. The van der Waals surface area contributed by atoms with E-state index in [0.717, 1.165) is 12.1 Å². The molecule has 3 N–H and O–H groups in total. The topological polar surface area (TPSA) is 46.2 Å². The number of hydrogen-bond acceptors (Lipinski definition) is 2. The van der Waals surface area contributed by atoms with Crippen molar-refractivity contribution in [3.8, 4) is 0 Å². The smallest absolute Gasteiger partial charge is 0.388 e. The maximum absolute atomic E-state index is 12.6. The van der Waals surface area contributed by atoms with Gasteiger partial charge in [0.15, 0.2) is 0 Å². The number of nitrogens with two attached hydrogens (primary N) is 1. The van der Waals surface area contributed by atoms with Crippen LogP contribution in [0, 0.1) is 5.41 Å². The fourth-order valence-corrected chi connectivity index (χ4v) is 1.65. The van der Waals surface area contributed by atoms with Crippen LogP contribution in [0.3, 0.4) is 0 Å². The molecule has 20 heavy (non-hydrogen) atoms. The molecule has 1 aromatic rings. The highest BCUT2D eigenvalue weighted by Crippen LogP contribution is 2.32. The van der Waals surface area contributed by atoms with E-state index in [1.165, 1.54) is 12.1 Å². The molecule has 0 spiro atoms. The molecule has 0 aliphatic rings. The van der Waals surface area contributed by atoms with Crippen LogP contribution < -0.4 is 5.73 Å². The van der Waals surface area contributed by atoms with Gasteiger partial charge in [-0.1, -0.05) is 32.9 Å². The van der Waals surface area contributed by atoms with E-state index in [2.05, 4.69) is 0 Å². The van der Waals surface area contributed by atoms with Gasteiger partial charge >= 0.3 is 6.18 Å². The van der Waals surface area contributed by atoms with Gasteiger partial charge in [0.25, 0.3) is 0 Å². The quantitative estimate of drug-likeness (QED) is 0.888. The first kappa shape index (κ1) is 19.2. The van der Waals surface area contributed by atoms with E-state index < -0.39 is 17.8 Å². The zero-order valence-electron chi connectivity index (χ0n) is 11.7. The first-order valence-corrected chi connectivity index (χ1v) is 6.12. The van der Waals surface area contributed by atoms with Crippen LogP contribution in [0.4, 0.5) is 13.2 Å². The standard InChI is InChI=1S/C14H20F3NO.ClH/c1-13(2,3)12(18)8-11(19)9-5-4-6-10(7-9)14(15,16)17;/h4-7,11-12,19H,8,18H2,1-3H3;1H/t11-,12+;/m0./s1. The van der Waals surface area contributed by atoms with Crippen LogP contribution in [-0.4, -0.2) is 11.1 Å². The average Bonchev–Trinajstić information content (AvgIpc) is 2.26. The SMILES string of the molecule is CC(C)(C)[C@H](N)C[C@H](O)c1cccc(C(F)(F)F)c1.Cl. The Morgan fingerprint density at radius 3 is 2.20 bits per heavy atom. The Hall–Kier alpha value is -0.780. The van der Waals surface area contributed by atoms with Crippen molar-refractivity contribution in [2.75, 3.05) is 0 Å². The zero-order chi connectivity index (χ0) is 14.8. The van der Waals surface area contributed by atoms with Crippen molar-refractivity contribution in [2.24, 2.45) is 11.1 Å². The lowest BCUT2D eigenvalue weighted by molar-refractivity contribution is -0.137. The van der Waals surface area contributed by atoms with E-state index in [4.69, 9.17) is 5.73 Å². The van der Waals surface area contributed by atoms with Crippen LogP contribution in [0.5, 0.6) is 0 Å². The second-order valence-corrected chi connectivity index (χ2v) is 5.85. The number of alkyl halides is 3. The Kier molecular flexibility index (Phi) is 6.52. The van der Waals surface area contributed by atoms with Gasteiger partial charge < -0.3 is 10.8 Å². The van der Waals surface area contributed by atoms with Crippen LogP contribution in [0.25, 0.3) is 0 Å². The highest BCUT2D eigenvalue weighted by molar-refractivity contribution is 5.85. The molecule has 2 atom stereocenters. The molecule has 0 aliphatic heterocycles. The van der Waals surface area contributed by atoms with Crippen molar-refractivity contribution < 1.29 is 18.3 Å². The number of aliphatic hydroxyl groups is 1. The summed E-state index contributed by atoms with van der Waals surface area (Å²) in [5.41, 5.74) is 5.21. The molecule has 0 aromatic heterocycles. The number of benzene rings is 1. The summed E-state index contributed by atoms with van der Waals surface area (Å²) in [4.78, 5) is 0. The van der Waals surface area contributed by atoms with Crippen LogP contribution >= 0.6 is 12.4 Å². The number of halogens is 4. The molecule has 0 fully saturated rings. The van der Waals surface area contributed by atoms with Gasteiger partial charge in [-0.2, -0.15) is 13.2 Å². The Balaban J connectivity index is 0.00000361. The first-order valence-electron chi connectivity index (χ1n) is 6.12. The maximum Gasteiger partial charge on any atom is 0.416 e. The van der Waals surface area contributed by atoms with E-state index in [9.17, 15) is 18.3 Å². The van der Waals surface area contributed by atoms with Crippen molar-refractivity contribution >= 4 is 12.4 Å². The van der Waals surface area contributed by atoms with Crippen LogP contribution in [0.1, 0.15) is 44.4 Å².